The highest BCUT2D eigenvalue weighted by atomic mass is 17.0. The van der Waals surface area contributed by atoms with E-state index in [9.17, 15) is 25.0 Å². The van der Waals surface area contributed by atoms with Gasteiger partial charge in [-0.1, -0.05) is 6.92 Å². The van der Waals surface area contributed by atoms with E-state index in [-0.39, 0.29) is 6.42 Å². The summed E-state index contributed by atoms with van der Waals surface area (Å²) in [4.78, 5) is 34.6. The van der Waals surface area contributed by atoms with Crippen molar-refractivity contribution in [2.45, 2.75) is 38.9 Å². The molecule has 98 valence electrons. The summed E-state index contributed by atoms with van der Waals surface area (Å²) >= 11 is 0. The molecule has 0 saturated carbocycles. The summed E-state index contributed by atoms with van der Waals surface area (Å²) in [6.07, 6.45) is -1.53. The van der Waals surface area contributed by atoms with Crippen LogP contribution in [0.4, 0.5) is 0 Å². The lowest BCUT2D eigenvalue weighted by atomic mass is 10.1. The molecule has 2 unspecified atom stereocenters. The van der Waals surface area contributed by atoms with Gasteiger partial charge < -0.3 is 9.57 Å². The fraction of sp³-hybridized carbons (Fsp3) is 0.875. The molecule has 0 aliphatic carbocycles. The van der Waals surface area contributed by atoms with Crippen LogP contribution in [0.2, 0.25) is 0 Å². The standard InChI is InChI=1S/C8H14N2O7/c1-3-7(16-6(2)11)4-8(5-9(12)13)17-10(14)15/h7-8H,3-5H2,1-2H3. The van der Waals surface area contributed by atoms with E-state index in [0.29, 0.717) is 6.42 Å². The van der Waals surface area contributed by atoms with Crippen LogP contribution in [0.25, 0.3) is 0 Å². The summed E-state index contributed by atoms with van der Waals surface area (Å²) in [7, 11) is 0. The van der Waals surface area contributed by atoms with Crippen molar-refractivity contribution >= 4 is 5.97 Å². The Hall–Kier alpha value is -1.93. The van der Waals surface area contributed by atoms with E-state index in [2.05, 4.69) is 4.84 Å². The molecule has 0 aromatic rings. The highest BCUT2D eigenvalue weighted by Gasteiger charge is 2.25. The molecule has 0 aliphatic rings. The van der Waals surface area contributed by atoms with E-state index in [1.54, 1.807) is 6.92 Å². The Kier molecular flexibility index (Phi) is 6.53. The Morgan fingerprint density at radius 2 is 1.88 bits per heavy atom. The van der Waals surface area contributed by atoms with Crippen molar-refractivity contribution in [1.29, 1.82) is 0 Å². The fourth-order valence-electron chi connectivity index (χ4n) is 1.26. The second kappa shape index (κ2) is 7.36. The normalized spacial score (nSPS) is 13.5. The monoisotopic (exact) mass is 250 g/mol. The Morgan fingerprint density at radius 1 is 1.29 bits per heavy atom. The van der Waals surface area contributed by atoms with Crippen molar-refractivity contribution in [2.24, 2.45) is 0 Å². The molecule has 0 spiro atoms. The Morgan fingerprint density at radius 3 is 2.24 bits per heavy atom. The minimum Gasteiger partial charge on any atom is -0.462 e. The van der Waals surface area contributed by atoms with Crippen molar-refractivity contribution in [3.05, 3.63) is 20.2 Å². The molecule has 0 fully saturated rings. The smallest absolute Gasteiger partial charge is 0.302 e. The first-order chi connectivity index (χ1) is 7.85. The van der Waals surface area contributed by atoms with Crippen LogP contribution in [-0.2, 0) is 14.4 Å². The van der Waals surface area contributed by atoms with Gasteiger partial charge in [-0.3, -0.25) is 14.9 Å². The molecular weight excluding hydrogens is 236 g/mol. The van der Waals surface area contributed by atoms with Crippen molar-refractivity contribution in [1.82, 2.24) is 0 Å². The minimum absolute atomic E-state index is 0.0853. The lowest BCUT2D eigenvalue weighted by Gasteiger charge is -2.18. The quantitative estimate of drug-likeness (QED) is 0.350. The maximum absolute atomic E-state index is 10.7. The van der Waals surface area contributed by atoms with Gasteiger partial charge in [-0.15, -0.1) is 10.1 Å². The molecule has 9 heteroatoms. The zero-order valence-electron chi connectivity index (χ0n) is 9.53. The third-order valence-electron chi connectivity index (χ3n) is 1.90. The molecule has 0 aliphatic heterocycles. The number of nitrogens with zero attached hydrogens (tertiary/aromatic N) is 2. The Labute approximate surface area is 96.9 Å². The minimum atomic E-state index is -1.22. The van der Waals surface area contributed by atoms with Crippen LogP contribution >= 0.6 is 0 Å². The number of esters is 1. The molecule has 0 saturated heterocycles. The number of hydrogen-bond acceptors (Lipinski definition) is 7. The Bertz CT molecular complexity index is 278. The lowest BCUT2D eigenvalue weighted by molar-refractivity contribution is -0.774. The van der Waals surface area contributed by atoms with Gasteiger partial charge in [0.25, 0.3) is 5.09 Å². The summed E-state index contributed by atoms with van der Waals surface area (Å²) < 4.78 is 4.83. The average molecular weight is 250 g/mol. The van der Waals surface area contributed by atoms with Crippen molar-refractivity contribution in [3.8, 4) is 0 Å². The van der Waals surface area contributed by atoms with E-state index in [1.165, 1.54) is 6.92 Å². The summed E-state index contributed by atoms with van der Waals surface area (Å²) in [6, 6.07) is 0. The predicted molar refractivity (Wildman–Crippen MR) is 54.2 cm³/mol. The van der Waals surface area contributed by atoms with Gasteiger partial charge in [0.05, 0.1) is 0 Å². The largest absolute Gasteiger partial charge is 0.462 e. The molecule has 0 bridgehead atoms. The summed E-state index contributed by atoms with van der Waals surface area (Å²) in [5.74, 6) is -0.544. The molecule has 0 rings (SSSR count). The Balaban J connectivity index is 4.41. The van der Waals surface area contributed by atoms with E-state index in [1.807, 2.05) is 0 Å². The van der Waals surface area contributed by atoms with Gasteiger partial charge in [-0.25, -0.2) is 0 Å². The molecule has 0 aromatic heterocycles. The average Bonchev–Trinajstić information content (AvgIpc) is 2.13. The van der Waals surface area contributed by atoms with Gasteiger partial charge in [-0.2, -0.15) is 0 Å². The fourth-order valence-corrected chi connectivity index (χ4v) is 1.26. The van der Waals surface area contributed by atoms with E-state index in [4.69, 9.17) is 4.74 Å². The molecule has 0 aromatic carbocycles. The van der Waals surface area contributed by atoms with Crippen LogP contribution in [0.5, 0.6) is 0 Å². The lowest BCUT2D eigenvalue weighted by Crippen LogP contribution is -2.31. The molecule has 0 amide bonds. The van der Waals surface area contributed by atoms with Gasteiger partial charge in [0.2, 0.25) is 6.54 Å². The van der Waals surface area contributed by atoms with Crippen molar-refractivity contribution in [3.63, 3.8) is 0 Å². The molecule has 17 heavy (non-hydrogen) atoms. The second-order valence-electron chi connectivity index (χ2n) is 3.34. The third-order valence-corrected chi connectivity index (χ3v) is 1.90. The first-order valence-electron chi connectivity index (χ1n) is 4.95. The summed E-state index contributed by atoms with van der Waals surface area (Å²) in [5, 5.41) is 19.3. The van der Waals surface area contributed by atoms with Crippen LogP contribution < -0.4 is 0 Å². The molecular formula is C8H14N2O7. The number of carbonyl (C=O) groups is 1. The number of carbonyl (C=O) groups excluding carboxylic acids is 1. The van der Waals surface area contributed by atoms with E-state index >= 15 is 0 Å². The summed E-state index contributed by atoms with van der Waals surface area (Å²) in [5.41, 5.74) is 0. The molecule has 9 nitrogen and oxygen atoms in total. The highest BCUT2D eigenvalue weighted by Crippen LogP contribution is 2.11. The van der Waals surface area contributed by atoms with Crippen molar-refractivity contribution in [2.75, 3.05) is 6.54 Å². The molecule has 2 atom stereocenters. The maximum atomic E-state index is 10.7. The first-order valence-corrected chi connectivity index (χ1v) is 4.95. The zero-order chi connectivity index (χ0) is 13.4. The number of hydrogen-bond donors (Lipinski definition) is 0. The van der Waals surface area contributed by atoms with Crippen molar-refractivity contribution < 1.29 is 24.4 Å². The number of rotatable bonds is 8. The predicted octanol–water partition coefficient (Wildman–Crippen LogP) is 0.572. The molecule has 0 radical (unpaired) electrons. The number of ether oxygens (including phenoxy) is 1. The van der Waals surface area contributed by atoms with Gasteiger partial charge >= 0.3 is 5.97 Å². The van der Waals surface area contributed by atoms with Crippen LogP contribution in [0.15, 0.2) is 0 Å². The van der Waals surface area contributed by atoms with Gasteiger partial charge in [0.1, 0.15) is 6.10 Å². The summed E-state index contributed by atoms with van der Waals surface area (Å²) in [6.45, 7) is 2.18. The van der Waals surface area contributed by atoms with Crippen LogP contribution in [0, 0.1) is 20.2 Å². The molecule has 0 heterocycles. The highest BCUT2D eigenvalue weighted by molar-refractivity contribution is 5.66. The maximum Gasteiger partial charge on any atom is 0.302 e. The van der Waals surface area contributed by atoms with Crippen LogP contribution in [0.3, 0.4) is 0 Å². The van der Waals surface area contributed by atoms with Crippen LogP contribution in [0.1, 0.15) is 26.7 Å². The topological polar surface area (TPSA) is 122 Å². The molecule has 0 N–H and O–H groups in total. The van der Waals surface area contributed by atoms with Crippen LogP contribution in [-0.4, -0.2) is 34.7 Å². The second-order valence-corrected chi connectivity index (χ2v) is 3.34. The number of nitro groups is 1. The third kappa shape index (κ3) is 7.94. The zero-order valence-corrected chi connectivity index (χ0v) is 9.53. The van der Waals surface area contributed by atoms with Gasteiger partial charge in [0, 0.05) is 18.3 Å². The van der Waals surface area contributed by atoms with E-state index in [0.717, 1.165) is 0 Å². The van der Waals surface area contributed by atoms with Gasteiger partial charge in [0.15, 0.2) is 6.10 Å². The van der Waals surface area contributed by atoms with E-state index < -0.39 is 34.7 Å². The van der Waals surface area contributed by atoms with Gasteiger partial charge in [-0.05, 0) is 6.42 Å². The SMILES string of the molecule is CCC(CC(C[N+](=O)[O-])O[N+](=O)[O-])OC(C)=O. The first kappa shape index (κ1) is 15.1.